The molecule has 0 aliphatic carbocycles. The molecule has 0 aliphatic rings. The van der Waals surface area contributed by atoms with Crippen molar-refractivity contribution in [1.82, 2.24) is 5.32 Å². The molecule has 1 N–H and O–H groups in total. The van der Waals surface area contributed by atoms with E-state index in [1.54, 1.807) is 19.1 Å². The third-order valence-corrected chi connectivity index (χ3v) is 2.87. The summed E-state index contributed by atoms with van der Waals surface area (Å²) < 4.78 is 18.4. The lowest BCUT2D eigenvalue weighted by Crippen LogP contribution is -2.34. The van der Waals surface area contributed by atoms with Gasteiger partial charge in [-0.25, -0.2) is 0 Å². The zero-order valence-corrected chi connectivity index (χ0v) is 11.2. The topological polar surface area (TPSA) is 85.4 Å². The Balaban J connectivity index is 2.06. The Bertz CT molecular complexity index is 655. The summed E-state index contributed by atoms with van der Waals surface area (Å²) in [7, 11) is 0. The van der Waals surface area contributed by atoms with Gasteiger partial charge in [0.1, 0.15) is 5.76 Å². The van der Waals surface area contributed by atoms with E-state index in [2.05, 4.69) is 5.32 Å². The molecule has 0 saturated carbocycles. The van der Waals surface area contributed by atoms with E-state index >= 15 is 0 Å². The average Bonchev–Trinajstić information content (AvgIpc) is 2.91. The molecule has 6 nitrogen and oxygen atoms in total. The predicted molar refractivity (Wildman–Crippen MR) is 72.4 cm³/mol. The minimum atomic E-state index is -0.972. The number of furan rings is 1. The molecule has 0 radical (unpaired) electrons. The minimum Gasteiger partial charge on any atom is -0.469 e. The fraction of sp³-hybridized carbons (Fsp3) is 0.214. The molecule has 1 heterocycles. The molecule has 1 amide bonds. The van der Waals surface area contributed by atoms with E-state index in [0.29, 0.717) is 12.2 Å². The normalized spacial score (nSPS) is 11.9. The van der Waals surface area contributed by atoms with E-state index in [1.807, 2.05) is 0 Å². The number of amides is 1. The highest BCUT2D eigenvalue weighted by molar-refractivity contribution is 5.95. The fourth-order valence-electron chi connectivity index (χ4n) is 1.88. The molecule has 2 rings (SSSR count). The van der Waals surface area contributed by atoms with E-state index in [4.69, 9.17) is 4.42 Å². The largest absolute Gasteiger partial charge is 0.469 e. The SMILES string of the molecule is CC(Cc1ccco1)NC(=O)c1ccc(F)c([N+](=O)[O-])c1. The molecule has 7 heteroatoms. The first kappa shape index (κ1) is 14.7. The van der Waals surface area contributed by atoms with Crippen LogP contribution in [0.2, 0.25) is 0 Å². The van der Waals surface area contributed by atoms with Crippen molar-refractivity contribution in [3.63, 3.8) is 0 Å². The monoisotopic (exact) mass is 292 g/mol. The minimum absolute atomic E-state index is 0.0365. The van der Waals surface area contributed by atoms with Crippen molar-refractivity contribution in [2.24, 2.45) is 0 Å². The van der Waals surface area contributed by atoms with Crippen LogP contribution in [0.3, 0.4) is 0 Å². The first-order valence-corrected chi connectivity index (χ1v) is 6.24. The van der Waals surface area contributed by atoms with Crippen LogP contribution in [-0.2, 0) is 6.42 Å². The summed E-state index contributed by atoms with van der Waals surface area (Å²) in [4.78, 5) is 21.8. The Morgan fingerprint density at radius 1 is 1.48 bits per heavy atom. The lowest BCUT2D eigenvalue weighted by atomic mass is 10.1. The van der Waals surface area contributed by atoms with E-state index in [0.717, 1.165) is 12.1 Å². The number of nitrogens with zero attached hydrogens (tertiary/aromatic N) is 1. The molecular weight excluding hydrogens is 279 g/mol. The van der Waals surface area contributed by atoms with Crippen molar-refractivity contribution >= 4 is 11.6 Å². The van der Waals surface area contributed by atoms with Gasteiger partial charge in [0.2, 0.25) is 5.82 Å². The van der Waals surface area contributed by atoms with Crippen LogP contribution < -0.4 is 5.32 Å². The van der Waals surface area contributed by atoms with Gasteiger partial charge >= 0.3 is 5.69 Å². The number of hydrogen-bond donors (Lipinski definition) is 1. The molecule has 0 aliphatic heterocycles. The van der Waals surface area contributed by atoms with Crippen LogP contribution in [0.5, 0.6) is 0 Å². The highest BCUT2D eigenvalue weighted by atomic mass is 19.1. The number of rotatable bonds is 5. The van der Waals surface area contributed by atoms with Crippen molar-refractivity contribution in [2.75, 3.05) is 0 Å². The maximum atomic E-state index is 13.2. The molecule has 110 valence electrons. The molecule has 1 aromatic heterocycles. The third-order valence-electron chi connectivity index (χ3n) is 2.87. The number of nitro benzene ring substituents is 1. The zero-order valence-electron chi connectivity index (χ0n) is 11.2. The smallest absolute Gasteiger partial charge is 0.305 e. The van der Waals surface area contributed by atoms with Gasteiger partial charge in [-0.15, -0.1) is 0 Å². The molecule has 0 saturated heterocycles. The Morgan fingerprint density at radius 3 is 2.86 bits per heavy atom. The van der Waals surface area contributed by atoms with Gasteiger partial charge in [-0.1, -0.05) is 0 Å². The maximum absolute atomic E-state index is 13.2. The maximum Gasteiger partial charge on any atom is 0.305 e. The zero-order chi connectivity index (χ0) is 15.4. The van der Waals surface area contributed by atoms with Crippen LogP contribution >= 0.6 is 0 Å². The number of carbonyl (C=O) groups excluding carboxylic acids is 1. The van der Waals surface area contributed by atoms with Gasteiger partial charge in [-0.2, -0.15) is 4.39 Å². The lowest BCUT2D eigenvalue weighted by molar-refractivity contribution is -0.387. The highest BCUT2D eigenvalue weighted by Crippen LogP contribution is 2.18. The number of benzene rings is 1. The van der Waals surface area contributed by atoms with Crippen LogP contribution in [-0.4, -0.2) is 16.9 Å². The number of carbonyl (C=O) groups is 1. The van der Waals surface area contributed by atoms with Gasteiger partial charge in [0.15, 0.2) is 0 Å². The quantitative estimate of drug-likeness (QED) is 0.678. The van der Waals surface area contributed by atoms with E-state index in [9.17, 15) is 19.3 Å². The standard InChI is InChI=1S/C14H13FN2O4/c1-9(7-11-3-2-6-21-11)16-14(18)10-4-5-12(15)13(8-10)17(19)20/h2-6,8-9H,7H2,1H3,(H,16,18). The molecule has 1 unspecified atom stereocenters. The van der Waals surface area contributed by atoms with Gasteiger partial charge in [-0.05, 0) is 31.2 Å². The van der Waals surface area contributed by atoms with Gasteiger partial charge in [0, 0.05) is 24.1 Å². The van der Waals surface area contributed by atoms with Crippen LogP contribution in [0.25, 0.3) is 0 Å². The predicted octanol–water partition coefficient (Wildman–Crippen LogP) is 2.69. The van der Waals surface area contributed by atoms with E-state index < -0.39 is 22.3 Å². The molecule has 1 atom stereocenters. The van der Waals surface area contributed by atoms with Gasteiger partial charge < -0.3 is 9.73 Å². The van der Waals surface area contributed by atoms with Crippen LogP contribution in [0, 0.1) is 15.9 Å². The summed E-state index contributed by atoms with van der Waals surface area (Å²) >= 11 is 0. The summed E-state index contributed by atoms with van der Waals surface area (Å²) in [6, 6.07) is 6.33. The van der Waals surface area contributed by atoms with Crippen molar-refractivity contribution in [2.45, 2.75) is 19.4 Å². The number of nitro groups is 1. The van der Waals surface area contributed by atoms with E-state index in [-0.39, 0.29) is 11.6 Å². The molecule has 2 aromatic rings. The second-order valence-corrected chi connectivity index (χ2v) is 4.58. The molecule has 0 spiro atoms. The summed E-state index contributed by atoms with van der Waals surface area (Å²) in [6.07, 6.45) is 2.02. The Labute approximate surface area is 119 Å². The first-order chi connectivity index (χ1) is 9.97. The van der Waals surface area contributed by atoms with Crippen LogP contribution in [0.4, 0.5) is 10.1 Å². The second kappa shape index (κ2) is 6.17. The summed E-state index contributed by atoms with van der Waals surface area (Å²) in [5, 5.41) is 13.3. The van der Waals surface area contributed by atoms with Gasteiger partial charge in [0.05, 0.1) is 11.2 Å². The molecule has 1 aromatic carbocycles. The molecule has 0 bridgehead atoms. The number of halogens is 1. The van der Waals surface area contributed by atoms with Crippen molar-refractivity contribution in [3.8, 4) is 0 Å². The third kappa shape index (κ3) is 3.65. The second-order valence-electron chi connectivity index (χ2n) is 4.58. The van der Waals surface area contributed by atoms with Crippen LogP contribution in [0.15, 0.2) is 41.0 Å². The average molecular weight is 292 g/mol. The Kier molecular flexibility index (Phi) is 4.32. The summed E-state index contributed by atoms with van der Waals surface area (Å²) in [6.45, 7) is 1.78. The number of nitrogens with one attached hydrogen (secondary N) is 1. The molecular formula is C14H13FN2O4. The summed E-state index contributed by atoms with van der Waals surface area (Å²) in [5.41, 5.74) is -0.685. The van der Waals surface area contributed by atoms with Gasteiger partial charge in [0.25, 0.3) is 5.91 Å². The van der Waals surface area contributed by atoms with Crippen molar-refractivity contribution in [3.05, 3.63) is 63.9 Å². The number of hydrogen-bond acceptors (Lipinski definition) is 4. The Morgan fingerprint density at radius 2 is 2.24 bits per heavy atom. The van der Waals surface area contributed by atoms with E-state index in [1.165, 1.54) is 12.3 Å². The van der Waals surface area contributed by atoms with Crippen molar-refractivity contribution in [1.29, 1.82) is 0 Å². The van der Waals surface area contributed by atoms with Gasteiger partial charge in [-0.3, -0.25) is 14.9 Å². The molecule has 21 heavy (non-hydrogen) atoms. The van der Waals surface area contributed by atoms with Crippen molar-refractivity contribution < 1.29 is 18.5 Å². The molecule has 0 fully saturated rings. The lowest BCUT2D eigenvalue weighted by Gasteiger charge is -2.12. The Hall–Kier alpha value is -2.70. The highest BCUT2D eigenvalue weighted by Gasteiger charge is 2.18. The summed E-state index contributed by atoms with van der Waals surface area (Å²) in [5.74, 6) is -0.759. The van der Waals surface area contributed by atoms with Crippen LogP contribution in [0.1, 0.15) is 23.0 Å². The fourth-order valence-corrected chi connectivity index (χ4v) is 1.88. The first-order valence-electron chi connectivity index (χ1n) is 6.24.